The molecule has 0 saturated heterocycles. The zero-order valence-corrected chi connectivity index (χ0v) is 16.2. The van der Waals surface area contributed by atoms with Crippen LogP contribution in [0.3, 0.4) is 0 Å². The summed E-state index contributed by atoms with van der Waals surface area (Å²) in [5.41, 5.74) is -0.923. The number of aliphatic hydroxyl groups excluding tert-OH is 2. The summed E-state index contributed by atoms with van der Waals surface area (Å²) in [5.74, 6) is 0.519. The predicted octanol–water partition coefficient (Wildman–Crippen LogP) is 1.88. The number of amides is 1. The molecule has 146 valence electrons. The van der Waals surface area contributed by atoms with Crippen LogP contribution in [0.15, 0.2) is 0 Å². The first-order chi connectivity index (χ1) is 11.6. The molecule has 25 heavy (non-hydrogen) atoms. The molecule has 0 aliphatic heterocycles. The molecule has 6 heteroatoms. The van der Waals surface area contributed by atoms with Gasteiger partial charge in [-0.25, -0.2) is 0 Å². The molecule has 6 nitrogen and oxygen atoms in total. The Hall–Kier alpha value is -1.14. The number of aliphatic hydroxyl groups is 2. The van der Waals surface area contributed by atoms with Gasteiger partial charge in [0.2, 0.25) is 5.91 Å². The topological polar surface area (TPSA) is 95.9 Å². The Labute approximate surface area is 151 Å². The van der Waals surface area contributed by atoms with Crippen molar-refractivity contribution >= 4 is 11.9 Å². The Balaban J connectivity index is 2.42. The van der Waals surface area contributed by atoms with E-state index in [0.29, 0.717) is 17.8 Å². The highest BCUT2D eigenvalue weighted by Gasteiger charge is 2.34. The minimum absolute atomic E-state index is 0.0501. The number of hydrogen-bond acceptors (Lipinski definition) is 5. The van der Waals surface area contributed by atoms with Crippen LogP contribution in [-0.2, 0) is 14.3 Å². The van der Waals surface area contributed by atoms with Crippen molar-refractivity contribution < 1.29 is 24.5 Å². The molecular weight excluding hydrogens is 322 g/mol. The average Bonchev–Trinajstić information content (AvgIpc) is 2.53. The Bertz CT molecular complexity index is 449. The third-order valence-electron chi connectivity index (χ3n) is 5.27. The van der Waals surface area contributed by atoms with Crippen molar-refractivity contribution in [1.29, 1.82) is 0 Å². The van der Waals surface area contributed by atoms with Gasteiger partial charge in [0.1, 0.15) is 12.2 Å². The molecule has 1 fully saturated rings. The van der Waals surface area contributed by atoms with Crippen LogP contribution in [0.4, 0.5) is 0 Å². The quantitative estimate of drug-likeness (QED) is 0.577. The van der Waals surface area contributed by atoms with Gasteiger partial charge in [-0.2, -0.15) is 0 Å². The molecule has 0 aromatic carbocycles. The molecule has 3 N–H and O–H groups in total. The van der Waals surface area contributed by atoms with E-state index in [1.807, 2.05) is 0 Å². The van der Waals surface area contributed by atoms with E-state index in [-0.39, 0.29) is 31.6 Å². The molecule has 1 aliphatic carbocycles. The maximum Gasteiger partial charge on any atom is 0.307 e. The number of rotatable bonds is 8. The van der Waals surface area contributed by atoms with E-state index in [9.17, 15) is 19.8 Å². The van der Waals surface area contributed by atoms with E-state index < -0.39 is 17.4 Å². The number of esters is 1. The van der Waals surface area contributed by atoms with Crippen LogP contribution in [0.25, 0.3) is 0 Å². The van der Waals surface area contributed by atoms with Crippen molar-refractivity contribution in [3.05, 3.63) is 0 Å². The second-order valence-electron chi connectivity index (χ2n) is 8.44. The third-order valence-corrected chi connectivity index (χ3v) is 5.27. The van der Waals surface area contributed by atoms with Gasteiger partial charge in [-0.05, 0) is 30.6 Å². The van der Waals surface area contributed by atoms with Crippen LogP contribution in [0, 0.1) is 23.2 Å². The van der Waals surface area contributed by atoms with E-state index in [1.165, 1.54) is 6.42 Å². The largest absolute Gasteiger partial charge is 0.462 e. The molecule has 4 atom stereocenters. The Morgan fingerprint density at radius 1 is 1.28 bits per heavy atom. The van der Waals surface area contributed by atoms with Crippen LogP contribution >= 0.6 is 0 Å². The summed E-state index contributed by atoms with van der Waals surface area (Å²) >= 11 is 0. The van der Waals surface area contributed by atoms with Gasteiger partial charge < -0.3 is 20.3 Å². The summed E-state index contributed by atoms with van der Waals surface area (Å²) in [6, 6.07) is 0. The van der Waals surface area contributed by atoms with E-state index in [0.717, 1.165) is 12.8 Å². The number of hydrogen-bond donors (Lipinski definition) is 3. The maximum absolute atomic E-state index is 12.1. The zero-order chi connectivity index (χ0) is 19.2. The fourth-order valence-electron chi connectivity index (χ4n) is 3.30. The number of carbonyl (C=O) groups excluding carboxylic acids is 2. The summed E-state index contributed by atoms with van der Waals surface area (Å²) < 4.78 is 5.67. The van der Waals surface area contributed by atoms with Crippen molar-refractivity contribution in [3.63, 3.8) is 0 Å². The van der Waals surface area contributed by atoms with Crippen LogP contribution in [-0.4, -0.2) is 47.4 Å². The van der Waals surface area contributed by atoms with Crippen molar-refractivity contribution in [3.8, 4) is 0 Å². The molecule has 0 heterocycles. The molecule has 0 aromatic heterocycles. The fourth-order valence-corrected chi connectivity index (χ4v) is 3.30. The molecule has 0 radical (unpaired) electrons. The first-order valence-electron chi connectivity index (χ1n) is 9.34. The van der Waals surface area contributed by atoms with Gasteiger partial charge in [0, 0.05) is 12.0 Å². The molecule has 1 saturated carbocycles. The van der Waals surface area contributed by atoms with Gasteiger partial charge in [-0.15, -0.1) is 0 Å². The number of carbonyl (C=O) groups is 2. The van der Waals surface area contributed by atoms with Crippen molar-refractivity contribution in [2.75, 3.05) is 13.2 Å². The van der Waals surface area contributed by atoms with Gasteiger partial charge >= 0.3 is 5.97 Å². The highest BCUT2D eigenvalue weighted by Crippen LogP contribution is 2.35. The summed E-state index contributed by atoms with van der Waals surface area (Å²) in [7, 11) is 0. The summed E-state index contributed by atoms with van der Waals surface area (Å²) in [5, 5.41) is 21.6. The van der Waals surface area contributed by atoms with Crippen molar-refractivity contribution in [1.82, 2.24) is 5.32 Å². The number of ether oxygens (including phenoxy) is 1. The smallest absolute Gasteiger partial charge is 0.307 e. The van der Waals surface area contributed by atoms with Crippen LogP contribution in [0.2, 0.25) is 0 Å². The Morgan fingerprint density at radius 2 is 1.92 bits per heavy atom. The molecule has 1 rings (SSSR count). The first kappa shape index (κ1) is 21.9. The fraction of sp³-hybridized carbons (Fsp3) is 0.895. The summed E-state index contributed by atoms with van der Waals surface area (Å²) in [6.45, 7) is 9.51. The normalized spacial score (nSPS) is 25.5. The minimum Gasteiger partial charge on any atom is -0.462 e. The molecule has 1 aliphatic rings. The second kappa shape index (κ2) is 9.53. The SMILES string of the molecule is CC(C)[C@H]1CC[C@@H](C)C[C@H]1OC(=O)CCNC(=O)[C@@H](O)C(C)(C)CO. The highest BCUT2D eigenvalue weighted by atomic mass is 16.5. The molecule has 0 spiro atoms. The molecule has 0 aromatic rings. The van der Waals surface area contributed by atoms with Crippen LogP contribution in [0.1, 0.15) is 60.3 Å². The van der Waals surface area contributed by atoms with E-state index in [2.05, 4.69) is 26.1 Å². The summed E-state index contributed by atoms with van der Waals surface area (Å²) in [4.78, 5) is 24.0. The molecule has 0 bridgehead atoms. The standard InChI is InChI=1S/C19H35NO5/c1-12(2)14-7-6-13(3)10-15(14)25-16(22)8-9-20-18(24)17(23)19(4,5)11-21/h12-15,17,21,23H,6-11H2,1-5H3,(H,20,24)/t13-,14-,15-,17-/m1/s1. The molecule has 1 amide bonds. The molecule has 0 unspecified atom stereocenters. The second-order valence-corrected chi connectivity index (χ2v) is 8.44. The van der Waals surface area contributed by atoms with Gasteiger partial charge in [-0.1, -0.05) is 41.0 Å². The van der Waals surface area contributed by atoms with E-state index in [1.54, 1.807) is 13.8 Å². The molecular formula is C19H35NO5. The lowest BCUT2D eigenvalue weighted by Gasteiger charge is -2.36. The third kappa shape index (κ3) is 6.59. The first-order valence-corrected chi connectivity index (χ1v) is 9.34. The predicted molar refractivity (Wildman–Crippen MR) is 95.7 cm³/mol. The minimum atomic E-state index is -1.32. The Morgan fingerprint density at radius 3 is 2.48 bits per heavy atom. The zero-order valence-electron chi connectivity index (χ0n) is 16.2. The average molecular weight is 357 g/mol. The van der Waals surface area contributed by atoms with Gasteiger partial charge in [0.15, 0.2) is 0 Å². The lowest BCUT2D eigenvalue weighted by molar-refractivity contribution is -0.155. The Kier molecular flexibility index (Phi) is 8.35. The van der Waals surface area contributed by atoms with E-state index >= 15 is 0 Å². The van der Waals surface area contributed by atoms with E-state index in [4.69, 9.17) is 4.74 Å². The van der Waals surface area contributed by atoms with Gasteiger partial charge in [0.05, 0.1) is 13.0 Å². The highest BCUT2D eigenvalue weighted by molar-refractivity contribution is 5.81. The van der Waals surface area contributed by atoms with Crippen molar-refractivity contribution in [2.45, 2.75) is 72.5 Å². The monoisotopic (exact) mass is 357 g/mol. The van der Waals surface area contributed by atoms with Gasteiger partial charge in [0.25, 0.3) is 0 Å². The van der Waals surface area contributed by atoms with Gasteiger partial charge in [-0.3, -0.25) is 9.59 Å². The van der Waals surface area contributed by atoms with Crippen LogP contribution < -0.4 is 5.32 Å². The van der Waals surface area contributed by atoms with Crippen molar-refractivity contribution in [2.24, 2.45) is 23.2 Å². The lowest BCUT2D eigenvalue weighted by Crippen LogP contribution is -2.46. The number of nitrogens with one attached hydrogen (secondary N) is 1. The summed E-state index contributed by atoms with van der Waals surface area (Å²) in [6.07, 6.45) is 1.85. The van der Waals surface area contributed by atoms with Crippen LogP contribution in [0.5, 0.6) is 0 Å². The maximum atomic E-state index is 12.1. The lowest BCUT2D eigenvalue weighted by atomic mass is 9.75.